The fourth-order valence-corrected chi connectivity index (χ4v) is 4.00. The van der Waals surface area contributed by atoms with Gasteiger partial charge in [-0.2, -0.15) is 16.9 Å². The number of nitrogens with zero attached hydrogens (tertiary/aromatic N) is 3. The Morgan fingerprint density at radius 1 is 1.46 bits per heavy atom. The number of hydrogen-bond donors (Lipinski definition) is 3. The van der Waals surface area contributed by atoms with Crippen molar-refractivity contribution >= 4 is 41.7 Å². The third kappa shape index (κ3) is 5.90. The average molecular weight is 490 g/mol. The van der Waals surface area contributed by atoms with Crippen molar-refractivity contribution in [1.29, 1.82) is 0 Å². The lowest BCUT2D eigenvalue weighted by Gasteiger charge is -2.21. The fourth-order valence-electron chi connectivity index (χ4n) is 2.77. The van der Waals surface area contributed by atoms with E-state index >= 15 is 0 Å². The summed E-state index contributed by atoms with van der Waals surface area (Å²) in [5, 5.41) is 13.8. The number of aromatic amines is 1. The standard InChI is InChI=1S/C17H26N6OS.HI/c1-3-18-16(20-12-17(2)8-5-11-25-17)19-9-7-14-21-15(23-22-14)13-6-4-10-24-13;/h4,6,10H,3,5,7-9,11-12H2,1-2H3,(H2,18,19,20)(H,21,22,23);1H. The number of halogens is 1. The monoisotopic (exact) mass is 490 g/mol. The Morgan fingerprint density at radius 2 is 2.35 bits per heavy atom. The van der Waals surface area contributed by atoms with E-state index in [1.807, 2.05) is 23.9 Å². The molecule has 1 saturated heterocycles. The smallest absolute Gasteiger partial charge is 0.216 e. The molecule has 2 aromatic heterocycles. The maximum Gasteiger partial charge on any atom is 0.216 e. The Morgan fingerprint density at radius 3 is 3.04 bits per heavy atom. The molecule has 0 bridgehead atoms. The molecule has 1 atom stereocenters. The van der Waals surface area contributed by atoms with Crippen molar-refractivity contribution in [3.8, 4) is 11.6 Å². The lowest BCUT2D eigenvalue weighted by molar-refractivity contribution is 0.577. The van der Waals surface area contributed by atoms with E-state index in [1.165, 1.54) is 18.6 Å². The molecule has 26 heavy (non-hydrogen) atoms. The van der Waals surface area contributed by atoms with Gasteiger partial charge in [-0.25, -0.2) is 4.98 Å². The summed E-state index contributed by atoms with van der Waals surface area (Å²) in [7, 11) is 0. The lowest BCUT2D eigenvalue weighted by atomic mass is 10.1. The first-order chi connectivity index (χ1) is 12.2. The molecule has 1 fully saturated rings. The first kappa shape index (κ1) is 21.1. The van der Waals surface area contributed by atoms with E-state index in [-0.39, 0.29) is 28.7 Å². The molecule has 0 aromatic carbocycles. The second kappa shape index (κ2) is 10.2. The van der Waals surface area contributed by atoms with Crippen LogP contribution in [0, 0.1) is 0 Å². The molecule has 0 spiro atoms. The molecule has 2 aromatic rings. The van der Waals surface area contributed by atoms with Crippen LogP contribution in [-0.2, 0) is 6.42 Å². The van der Waals surface area contributed by atoms with Gasteiger partial charge in [0.05, 0.1) is 12.8 Å². The highest BCUT2D eigenvalue weighted by molar-refractivity contribution is 14.0. The highest BCUT2D eigenvalue weighted by Crippen LogP contribution is 2.37. The number of nitrogens with one attached hydrogen (secondary N) is 3. The molecule has 3 rings (SSSR count). The Kier molecular flexibility index (Phi) is 8.26. The van der Waals surface area contributed by atoms with Gasteiger partial charge in [0.1, 0.15) is 5.82 Å². The van der Waals surface area contributed by atoms with Crippen LogP contribution in [0.25, 0.3) is 11.6 Å². The van der Waals surface area contributed by atoms with E-state index in [4.69, 9.17) is 9.41 Å². The predicted molar refractivity (Wildman–Crippen MR) is 117 cm³/mol. The van der Waals surface area contributed by atoms with Gasteiger partial charge in [-0.1, -0.05) is 0 Å². The van der Waals surface area contributed by atoms with Gasteiger partial charge in [0.15, 0.2) is 11.7 Å². The Bertz CT molecular complexity index is 681. The third-order valence-corrected chi connectivity index (χ3v) is 5.67. The number of furan rings is 1. The Balaban J connectivity index is 0.00000243. The van der Waals surface area contributed by atoms with Gasteiger partial charge in [-0.05, 0) is 44.6 Å². The third-order valence-electron chi connectivity index (χ3n) is 4.14. The zero-order valence-corrected chi connectivity index (χ0v) is 18.4. The molecule has 0 amide bonds. The van der Waals surface area contributed by atoms with Crippen LogP contribution in [0.1, 0.15) is 32.5 Å². The van der Waals surface area contributed by atoms with Crippen molar-refractivity contribution < 1.29 is 4.42 Å². The van der Waals surface area contributed by atoms with Gasteiger partial charge in [0.2, 0.25) is 5.82 Å². The van der Waals surface area contributed by atoms with Crippen LogP contribution < -0.4 is 10.6 Å². The van der Waals surface area contributed by atoms with Gasteiger partial charge < -0.3 is 15.1 Å². The van der Waals surface area contributed by atoms with Crippen molar-refractivity contribution in [3.63, 3.8) is 0 Å². The predicted octanol–water partition coefficient (Wildman–Crippen LogP) is 3.07. The minimum atomic E-state index is 0. The molecule has 0 radical (unpaired) electrons. The van der Waals surface area contributed by atoms with Crippen LogP contribution in [0.4, 0.5) is 0 Å². The first-order valence-electron chi connectivity index (χ1n) is 8.80. The van der Waals surface area contributed by atoms with Crippen molar-refractivity contribution in [3.05, 3.63) is 24.2 Å². The summed E-state index contributed by atoms with van der Waals surface area (Å²) in [5.41, 5.74) is 0. The second-order valence-corrected chi connectivity index (χ2v) is 8.04. The quantitative estimate of drug-likeness (QED) is 0.314. The summed E-state index contributed by atoms with van der Waals surface area (Å²) in [6.07, 6.45) is 4.90. The molecule has 0 aliphatic carbocycles. The van der Waals surface area contributed by atoms with Gasteiger partial charge >= 0.3 is 0 Å². The molecule has 3 N–H and O–H groups in total. The van der Waals surface area contributed by atoms with Gasteiger partial charge in [-0.3, -0.25) is 10.1 Å². The number of rotatable bonds is 7. The summed E-state index contributed by atoms with van der Waals surface area (Å²) in [4.78, 5) is 9.21. The zero-order chi connectivity index (χ0) is 17.5. The molecule has 144 valence electrons. The Hall–Kier alpha value is -1.23. The van der Waals surface area contributed by atoms with Gasteiger partial charge in [-0.15, -0.1) is 24.0 Å². The zero-order valence-electron chi connectivity index (χ0n) is 15.2. The fraction of sp³-hybridized carbons (Fsp3) is 0.588. The van der Waals surface area contributed by atoms with Crippen LogP contribution in [0.5, 0.6) is 0 Å². The summed E-state index contributed by atoms with van der Waals surface area (Å²) in [6.45, 7) is 6.82. The summed E-state index contributed by atoms with van der Waals surface area (Å²) < 4.78 is 5.59. The normalized spacial score (nSPS) is 20.0. The minimum Gasteiger partial charge on any atom is -0.461 e. The van der Waals surface area contributed by atoms with E-state index in [9.17, 15) is 0 Å². The van der Waals surface area contributed by atoms with Crippen LogP contribution in [-0.4, -0.2) is 51.3 Å². The average Bonchev–Trinajstić information content (AvgIpc) is 3.34. The van der Waals surface area contributed by atoms with Crippen molar-refractivity contribution in [2.75, 3.05) is 25.4 Å². The largest absolute Gasteiger partial charge is 0.461 e. The molecular weight excluding hydrogens is 463 g/mol. The van der Waals surface area contributed by atoms with Crippen molar-refractivity contribution in [1.82, 2.24) is 25.8 Å². The van der Waals surface area contributed by atoms with E-state index < -0.39 is 0 Å². The van der Waals surface area contributed by atoms with Gasteiger partial charge in [0, 0.05) is 24.3 Å². The minimum absolute atomic E-state index is 0. The number of aromatic nitrogens is 3. The van der Waals surface area contributed by atoms with E-state index in [2.05, 4.69) is 39.7 Å². The molecular formula is C17H27IN6OS. The first-order valence-corrected chi connectivity index (χ1v) is 9.78. The van der Waals surface area contributed by atoms with Crippen LogP contribution in [0.3, 0.4) is 0 Å². The summed E-state index contributed by atoms with van der Waals surface area (Å²) in [6, 6.07) is 3.68. The number of aliphatic imine (C=N–C) groups is 1. The van der Waals surface area contributed by atoms with Crippen LogP contribution >= 0.6 is 35.7 Å². The number of guanidine groups is 1. The molecule has 1 aliphatic heterocycles. The number of hydrogen-bond acceptors (Lipinski definition) is 5. The van der Waals surface area contributed by atoms with Crippen molar-refractivity contribution in [2.45, 2.75) is 37.9 Å². The van der Waals surface area contributed by atoms with E-state index in [1.54, 1.807) is 6.26 Å². The SMILES string of the molecule is CCNC(=NCC1(C)CCCS1)NCCc1nc(-c2ccco2)n[nH]1.I. The van der Waals surface area contributed by atoms with E-state index in [0.29, 0.717) is 11.6 Å². The van der Waals surface area contributed by atoms with Crippen molar-refractivity contribution in [2.24, 2.45) is 4.99 Å². The lowest BCUT2D eigenvalue weighted by Crippen LogP contribution is -2.39. The summed E-state index contributed by atoms with van der Waals surface area (Å²) in [5.74, 6) is 4.20. The number of thioether (sulfide) groups is 1. The maximum atomic E-state index is 5.31. The van der Waals surface area contributed by atoms with Crippen LogP contribution in [0.2, 0.25) is 0 Å². The molecule has 9 heteroatoms. The second-order valence-electron chi connectivity index (χ2n) is 6.36. The topological polar surface area (TPSA) is 91.1 Å². The summed E-state index contributed by atoms with van der Waals surface area (Å²) >= 11 is 2.03. The molecule has 0 saturated carbocycles. The number of H-pyrrole nitrogens is 1. The molecule has 7 nitrogen and oxygen atoms in total. The maximum absolute atomic E-state index is 5.31. The van der Waals surface area contributed by atoms with Crippen LogP contribution in [0.15, 0.2) is 27.8 Å². The molecule has 1 unspecified atom stereocenters. The molecule has 1 aliphatic rings. The highest BCUT2D eigenvalue weighted by atomic mass is 127. The molecule has 3 heterocycles. The van der Waals surface area contributed by atoms with Gasteiger partial charge in [0.25, 0.3) is 0 Å². The van der Waals surface area contributed by atoms with E-state index in [0.717, 1.165) is 37.8 Å². The highest BCUT2D eigenvalue weighted by Gasteiger charge is 2.29. The Labute approximate surface area is 175 Å².